The van der Waals surface area contributed by atoms with E-state index in [0.29, 0.717) is 11.0 Å². The van der Waals surface area contributed by atoms with Crippen molar-refractivity contribution in [3.8, 4) is 0 Å². The van der Waals surface area contributed by atoms with E-state index in [1.807, 2.05) is 0 Å². The van der Waals surface area contributed by atoms with E-state index in [9.17, 15) is 0 Å². The first-order valence-corrected chi connectivity index (χ1v) is 2.79. The van der Waals surface area contributed by atoms with Gasteiger partial charge in [0.1, 0.15) is 0 Å². The highest BCUT2D eigenvalue weighted by Crippen LogP contribution is 1.87. The van der Waals surface area contributed by atoms with Gasteiger partial charge in [-0.1, -0.05) is 13.2 Å². The minimum atomic E-state index is 0.319. The highest BCUT2D eigenvalue weighted by molar-refractivity contribution is 6.64. The summed E-state index contributed by atoms with van der Waals surface area (Å²) in [5.41, 5.74) is 0.644. The van der Waals surface area contributed by atoms with Gasteiger partial charge in [0.25, 0.3) is 0 Å². The van der Waals surface area contributed by atoms with Gasteiger partial charge < -0.3 is 5.32 Å². The van der Waals surface area contributed by atoms with Crippen LogP contribution in [0.5, 0.6) is 0 Å². The van der Waals surface area contributed by atoms with Crippen molar-refractivity contribution < 1.29 is 0 Å². The SMILES string of the molecule is C=CC(=C)NC(Cl)=NC. The number of hydrogen-bond donors (Lipinski definition) is 1. The van der Waals surface area contributed by atoms with Crippen molar-refractivity contribution in [3.63, 3.8) is 0 Å². The summed E-state index contributed by atoms with van der Waals surface area (Å²) in [6, 6.07) is 0. The zero-order valence-electron chi connectivity index (χ0n) is 5.32. The molecule has 0 saturated carbocycles. The summed E-state index contributed by atoms with van der Waals surface area (Å²) >= 11 is 5.47. The Hall–Kier alpha value is -0.760. The third kappa shape index (κ3) is 3.79. The van der Waals surface area contributed by atoms with Crippen LogP contribution in [0.25, 0.3) is 0 Å². The molecule has 2 nitrogen and oxygen atoms in total. The topological polar surface area (TPSA) is 24.4 Å². The second-order valence-corrected chi connectivity index (χ2v) is 1.73. The van der Waals surface area contributed by atoms with Gasteiger partial charge in [-0.05, 0) is 17.7 Å². The van der Waals surface area contributed by atoms with Crippen LogP contribution in [0.3, 0.4) is 0 Å². The molecule has 0 aliphatic heterocycles. The van der Waals surface area contributed by atoms with Crippen molar-refractivity contribution in [1.29, 1.82) is 0 Å². The molecule has 0 aliphatic carbocycles. The Morgan fingerprint density at radius 1 is 1.78 bits per heavy atom. The Morgan fingerprint density at radius 2 is 2.33 bits per heavy atom. The average molecular weight is 145 g/mol. The van der Waals surface area contributed by atoms with Crippen LogP contribution < -0.4 is 5.32 Å². The van der Waals surface area contributed by atoms with Gasteiger partial charge in [-0.3, -0.25) is 4.99 Å². The third-order valence-electron chi connectivity index (χ3n) is 0.706. The summed E-state index contributed by atoms with van der Waals surface area (Å²) < 4.78 is 0. The molecule has 0 fully saturated rings. The van der Waals surface area contributed by atoms with E-state index in [4.69, 9.17) is 11.6 Å². The van der Waals surface area contributed by atoms with Crippen molar-refractivity contribution in [2.45, 2.75) is 0 Å². The number of halogens is 1. The maximum absolute atomic E-state index is 5.47. The van der Waals surface area contributed by atoms with E-state index < -0.39 is 0 Å². The van der Waals surface area contributed by atoms with E-state index in [2.05, 4.69) is 23.5 Å². The van der Waals surface area contributed by atoms with Crippen molar-refractivity contribution in [2.75, 3.05) is 7.05 Å². The molecule has 50 valence electrons. The molecule has 0 aliphatic rings. The Balaban J connectivity index is 3.74. The second-order valence-electron chi connectivity index (χ2n) is 1.37. The van der Waals surface area contributed by atoms with Gasteiger partial charge in [0.15, 0.2) is 5.29 Å². The molecule has 0 amide bonds. The first-order valence-electron chi connectivity index (χ1n) is 2.41. The molecule has 0 bridgehead atoms. The van der Waals surface area contributed by atoms with Crippen molar-refractivity contribution in [2.24, 2.45) is 4.99 Å². The van der Waals surface area contributed by atoms with E-state index >= 15 is 0 Å². The molecule has 0 radical (unpaired) electrons. The van der Waals surface area contributed by atoms with Gasteiger partial charge in [0.2, 0.25) is 0 Å². The fraction of sp³-hybridized carbons (Fsp3) is 0.167. The van der Waals surface area contributed by atoms with Crippen LogP contribution in [0.2, 0.25) is 0 Å². The Labute approximate surface area is 59.9 Å². The Morgan fingerprint density at radius 3 is 2.67 bits per heavy atom. The summed E-state index contributed by atoms with van der Waals surface area (Å²) in [4.78, 5) is 3.64. The monoisotopic (exact) mass is 144 g/mol. The van der Waals surface area contributed by atoms with E-state index in [1.54, 1.807) is 13.1 Å². The molecule has 0 aromatic heterocycles. The van der Waals surface area contributed by atoms with Crippen LogP contribution in [-0.4, -0.2) is 12.3 Å². The Bertz CT molecular complexity index is 149. The molecule has 0 unspecified atom stereocenters. The van der Waals surface area contributed by atoms with Gasteiger partial charge in [-0.25, -0.2) is 0 Å². The quantitative estimate of drug-likeness (QED) is 0.270. The molecule has 1 N–H and O–H groups in total. The molecular formula is C6H9ClN2. The van der Waals surface area contributed by atoms with Gasteiger partial charge in [0.05, 0.1) is 0 Å². The lowest BCUT2D eigenvalue weighted by Gasteiger charge is -1.99. The van der Waals surface area contributed by atoms with Crippen molar-refractivity contribution >= 4 is 16.9 Å². The summed E-state index contributed by atoms with van der Waals surface area (Å²) in [6.45, 7) is 7.04. The van der Waals surface area contributed by atoms with Crippen LogP contribution in [0.4, 0.5) is 0 Å². The molecular weight excluding hydrogens is 136 g/mol. The minimum absolute atomic E-state index is 0.319. The Kier molecular flexibility index (Phi) is 3.80. The molecule has 0 rings (SSSR count). The molecule has 3 heteroatoms. The largest absolute Gasteiger partial charge is 0.331 e. The van der Waals surface area contributed by atoms with E-state index in [1.165, 1.54) is 0 Å². The number of allylic oxidation sites excluding steroid dienone is 1. The first-order chi connectivity index (χ1) is 4.20. The summed E-state index contributed by atoms with van der Waals surface area (Å²) in [5.74, 6) is 0. The first kappa shape index (κ1) is 8.24. The van der Waals surface area contributed by atoms with Gasteiger partial charge in [0, 0.05) is 12.7 Å². The van der Waals surface area contributed by atoms with E-state index in [-0.39, 0.29) is 0 Å². The second kappa shape index (κ2) is 4.15. The number of nitrogens with one attached hydrogen (secondary N) is 1. The van der Waals surface area contributed by atoms with Crippen LogP contribution in [0.1, 0.15) is 0 Å². The molecule has 9 heavy (non-hydrogen) atoms. The summed E-state index contributed by atoms with van der Waals surface area (Å²) in [7, 11) is 1.59. The lowest BCUT2D eigenvalue weighted by molar-refractivity contribution is 1.20. The van der Waals surface area contributed by atoms with Crippen LogP contribution in [-0.2, 0) is 0 Å². The molecule has 0 spiro atoms. The van der Waals surface area contributed by atoms with Crippen LogP contribution in [0, 0.1) is 0 Å². The molecule has 0 aromatic carbocycles. The lowest BCUT2D eigenvalue weighted by atomic mass is 10.5. The van der Waals surface area contributed by atoms with E-state index in [0.717, 1.165) is 0 Å². The summed E-state index contributed by atoms with van der Waals surface area (Å²) in [6.07, 6.45) is 1.56. The molecule has 0 saturated heterocycles. The predicted molar refractivity (Wildman–Crippen MR) is 41.7 cm³/mol. The fourth-order valence-electron chi connectivity index (χ4n) is 0.239. The zero-order chi connectivity index (χ0) is 7.28. The maximum atomic E-state index is 5.47. The highest BCUT2D eigenvalue weighted by Gasteiger charge is 1.88. The normalized spacial score (nSPS) is 10.7. The van der Waals surface area contributed by atoms with Crippen molar-refractivity contribution in [1.82, 2.24) is 5.32 Å². The maximum Gasteiger partial charge on any atom is 0.195 e. The number of hydrogen-bond acceptors (Lipinski definition) is 1. The molecule has 0 heterocycles. The molecule has 0 atom stereocenters. The number of nitrogens with zero attached hydrogens (tertiary/aromatic N) is 1. The zero-order valence-corrected chi connectivity index (χ0v) is 6.07. The number of amidine groups is 1. The number of aliphatic imine (C=N–C) groups is 1. The van der Waals surface area contributed by atoms with Gasteiger partial charge in [-0.2, -0.15) is 0 Å². The predicted octanol–water partition coefficient (Wildman–Crippen LogP) is 1.50. The smallest absolute Gasteiger partial charge is 0.195 e. The van der Waals surface area contributed by atoms with Crippen LogP contribution >= 0.6 is 11.6 Å². The van der Waals surface area contributed by atoms with Crippen LogP contribution in [0.15, 0.2) is 29.9 Å². The fourth-order valence-corrected chi connectivity index (χ4v) is 0.361. The molecule has 0 aromatic rings. The highest BCUT2D eigenvalue weighted by atomic mass is 35.5. The van der Waals surface area contributed by atoms with Gasteiger partial charge >= 0.3 is 0 Å². The van der Waals surface area contributed by atoms with Gasteiger partial charge in [-0.15, -0.1) is 0 Å². The number of rotatable bonds is 2. The summed E-state index contributed by atoms with van der Waals surface area (Å²) in [5, 5.41) is 3.00. The average Bonchev–Trinajstić information content (AvgIpc) is 1.87. The standard InChI is InChI=1S/C6H9ClN2/c1-4-5(2)9-6(7)8-3/h4H,1-2H2,3H3,(H,8,9). The van der Waals surface area contributed by atoms with Crippen molar-refractivity contribution in [3.05, 3.63) is 24.9 Å². The minimum Gasteiger partial charge on any atom is -0.331 e. The lowest BCUT2D eigenvalue weighted by Crippen LogP contribution is -2.14. The third-order valence-corrected chi connectivity index (χ3v) is 0.970.